The SMILES string of the molecule is CCOCCOc1ccc(CNC2CC2)cc1Br. The number of hydrogen-bond acceptors (Lipinski definition) is 3. The number of nitrogens with one attached hydrogen (secondary N) is 1. The molecule has 1 aromatic carbocycles. The predicted molar refractivity (Wildman–Crippen MR) is 76.0 cm³/mol. The molecule has 0 aliphatic heterocycles. The Labute approximate surface area is 117 Å². The number of hydrogen-bond donors (Lipinski definition) is 1. The monoisotopic (exact) mass is 313 g/mol. The average molecular weight is 314 g/mol. The fourth-order valence-corrected chi connectivity index (χ4v) is 2.22. The van der Waals surface area contributed by atoms with Crippen LogP contribution in [0.1, 0.15) is 25.3 Å². The first-order valence-electron chi connectivity index (χ1n) is 6.52. The van der Waals surface area contributed by atoms with Gasteiger partial charge in [-0.05, 0) is 53.4 Å². The number of halogens is 1. The molecule has 0 heterocycles. The van der Waals surface area contributed by atoms with Gasteiger partial charge in [0.2, 0.25) is 0 Å². The first-order chi connectivity index (χ1) is 8.79. The lowest BCUT2D eigenvalue weighted by Gasteiger charge is -2.10. The standard InChI is InChI=1S/C14H20BrNO2/c1-2-17-7-8-18-14-6-3-11(9-13(14)15)10-16-12-4-5-12/h3,6,9,12,16H,2,4-5,7-8,10H2,1H3. The summed E-state index contributed by atoms with van der Waals surface area (Å²) in [6.07, 6.45) is 2.64. The molecule has 0 bridgehead atoms. The van der Waals surface area contributed by atoms with E-state index in [9.17, 15) is 0 Å². The van der Waals surface area contributed by atoms with Crippen molar-refractivity contribution in [1.29, 1.82) is 0 Å². The first kappa shape index (κ1) is 13.8. The molecule has 100 valence electrons. The van der Waals surface area contributed by atoms with Crippen LogP contribution in [-0.2, 0) is 11.3 Å². The van der Waals surface area contributed by atoms with Crippen molar-refractivity contribution < 1.29 is 9.47 Å². The molecule has 0 aromatic heterocycles. The Bertz CT molecular complexity index is 380. The predicted octanol–water partition coefficient (Wildman–Crippen LogP) is 3.12. The molecular formula is C14H20BrNO2. The largest absolute Gasteiger partial charge is 0.490 e. The zero-order valence-electron chi connectivity index (χ0n) is 10.7. The van der Waals surface area contributed by atoms with Crippen molar-refractivity contribution in [2.45, 2.75) is 32.4 Å². The van der Waals surface area contributed by atoms with Gasteiger partial charge in [-0.25, -0.2) is 0 Å². The van der Waals surface area contributed by atoms with E-state index < -0.39 is 0 Å². The molecule has 1 aliphatic rings. The summed E-state index contributed by atoms with van der Waals surface area (Å²) in [6, 6.07) is 6.98. The van der Waals surface area contributed by atoms with Crippen LogP contribution in [0, 0.1) is 0 Å². The highest BCUT2D eigenvalue weighted by Gasteiger charge is 2.19. The highest BCUT2D eigenvalue weighted by atomic mass is 79.9. The molecule has 0 amide bonds. The third-order valence-electron chi connectivity index (χ3n) is 2.86. The maximum atomic E-state index is 5.64. The third-order valence-corrected chi connectivity index (χ3v) is 3.48. The molecule has 3 nitrogen and oxygen atoms in total. The van der Waals surface area contributed by atoms with E-state index in [2.05, 4.69) is 33.4 Å². The van der Waals surface area contributed by atoms with Gasteiger partial charge in [0.15, 0.2) is 0 Å². The van der Waals surface area contributed by atoms with Crippen molar-refractivity contribution in [3.05, 3.63) is 28.2 Å². The van der Waals surface area contributed by atoms with Crippen molar-refractivity contribution in [1.82, 2.24) is 5.32 Å². The first-order valence-corrected chi connectivity index (χ1v) is 7.31. The molecule has 18 heavy (non-hydrogen) atoms. The molecule has 0 spiro atoms. The molecule has 2 rings (SSSR count). The van der Waals surface area contributed by atoms with Crippen molar-refractivity contribution in [2.24, 2.45) is 0 Å². The van der Waals surface area contributed by atoms with Gasteiger partial charge in [-0.15, -0.1) is 0 Å². The summed E-state index contributed by atoms with van der Waals surface area (Å²) in [5, 5.41) is 3.50. The van der Waals surface area contributed by atoms with Crippen LogP contribution in [0.5, 0.6) is 5.75 Å². The summed E-state index contributed by atoms with van der Waals surface area (Å²) < 4.78 is 11.9. The Morgan fingerprint density at radius 3 is 2.83 bits per heavy atom. The van der Waals surface area contributed by atoms with Crippen LogP contribution in [0.15, 0.2) is 22.7 Å². The Balaban J connectivity index is 1.79. The summed E-state index contributed by atoms with van der Waals surface area (Å²) in [6.45, 7) is 4.87. The maximum absolute atomic E-state index is 5.64. The second kappa shape index (κ2) is 7.12. The highest BCUT2D eigenvalue weighted by molar-refractivity contribution is 9.10. The Kier molecular flexibility index (Phi) is 5.47. The quantitative estimate of drug-likeness (QED) is 0.748. The van der Waals surface area contributed by atoms with E-state index in [1.165, 1.54) is 18.4 Å². The van der Waals surface area contributed by atoms with Crippen LogP contribution in [0.2, 0.25) is 0 Å². The van der Waals surface area contributed by atoms with Gasteiger partial charge in [0, 0.05) is 19.2 Å². The molecular weight excluding hydrogens is 294 g/mol. The molecule has 0 radical (unpaired) electrons. The van der Waals surface area contributed by atoms with Crippen LogP contribution in [-0.4, -0.2) is 25.9 Å². The zero-order chi connectivity index (χ0) is 12.8. The van der Waals surface area contributed by atoms with E-state index in [4.69, 9.17) is 9.47 Å². The number of benzene rings is 1. The van der Waals surface area contributed by atoms with Gasteiger partial charge in [0.05, 0.1) is 11.1 Å². The van der Waals surface area contributed by atoms with Crippen LogP contribution >= 0.6 is 15.9 Å². The number of ether oxygens (including phenoxy) is 2. The lowest BCUT2D eigenvalue weighted by atomic mass is 10.2. The zero-order valence-corrected chi connectivity index (χ0v) is 12.3. The second-order valence-electron chi connectivity index (χ2n) is 4.47. The smallest absolute Gasteiger partial charge is 0.133 e. The van der Waals surface area contributed by atoms with Crippen LogP contribution in [0.4, 0.5) is 0 Å². The highest BCUT2D eigenvalue weighted by Crippen LogP contribution is 2.26. The van der Waals surface area contributed by atoms with Crippen molar-refractivity contribution in [3.63, 3.8) is 0 Å². The summed E-state index contributed by atoms with van der Waals surface area (Å²) in [5.41, 5.74) is 1.28. The summed E-state index contributed by atoms with van der Waals surface area (Å²) in [4.78, 5) is 0. The Hall–Kier alpha value is -0.580. The van der Waals surface area contributed by atoms with E-state index in [-0.39, 0.29) is 0 Å². The Morgan fingerprint density at radius 2 is 2.17 bits per heavy atom. The molecule has 0 atom stereocenters. The van der Waals surface area contributed by atoms with Crippen molar-refractivity contribution in [3.8, 4) is 5.75 Å². The minimum atomic E-state index is 0.589. The minimum absolute atomic E-state index is 0.589. The van der Waals surface area contributed by atoms with E-state index in [1.54, 1.807) is 0 Å². The maximum Gasteiger partial charge on any atom is 0.133 e. The van der Waals surface area contributed by atoms with Crippen molar-refractivity contribution >= 4 is 15.9 Å². The molecule has 1 N–H and O–H groups in total. The van der Waals surface area contributed by atoms with Gasteiger partial charge in [-0.3, -0.25) is 0 Å². The van der Waals surface area contributed by atoms with Gasteiger partial charge in [0.25, 0.3) is 0 Å². The average Bonchev–Trinajstić information content (AvgIpc) is 3.18. The Morgan fingerprint density at radius 1 is 1.33 bits per heavy atom. The van der Waals surface area contributed by atoms with Gasteiger partial charge < -0.3 is 14.8 Å². The third kappa shape index (κ3) is 4.59. The second-order valence-corrected chi connectivity index (χ2v) is 5.32. The van der Waals surface area contributed by atoms with Gasteiger partial charge >= 0.3 is 0 Å². The fraction of sp³-hybridized carbons (Fsp3) is 0.571. The molecule has 0 unspecified atom stereocenters. The topological polar surface area (TPSA) is 30.5 Å². The minimum Gasteiger partial charge on any atom is -0.490 e. The fourth-order valence-electron chi connectivity index (χ4n) is 1.68. The lowest BCUT2D eigenvalue weighted by molar-refractivity contribution is 0.110. The molecule has 4 heteroatoms. The van der Waals surface area contributed by atoms with Crippen molar-refractivity contribution in [2.75, 3.05) is 19.8 Å². The van der Waals surface area contributed by atoms with E-state index in [0.717, 1.165) is 29.4 Å². The molecule has 1 aliphatic carbocycles. The molecule has 0 saturated heterocycles. The van der Waals surface area contributed by atoms with Crippen LogP contribution in [0.3, 0.4) is 0 Å². The lowest BCUT2D eigenvalue weighted by Crippen LogP contribution is -2.15. The normalized spacial score (nSPS) is 14.8. The van der Waals surface area contributed by atoms with E-state index in [0.29, 0.717) is 13.2 Å². The molecule has 1 fully saturated rings. The summed E-state index contributed by atoms with van der Waals surface area (Å²) >= 11 is 3.55. The van der Waals surface area contributed by atoms with E-state index >= 15 is 0 Å². The van der Waals surface area contributed by atoms with Gasteiger partial charge in [-0.1, -0.05) is 6.07 Å². The van der Waals surface area contributed by atoms with Crippen LogP contribution in [0.25, 0.3) is 0 Å². The summed E-state index contributed by atoms with van der Waals surface area (Å²) in [5.74, 6) is 0.880. The molecule has 1 saturated carbocycles. The van der Waals surface area contributed by atoms with Crippen LogP contribution < -0.4 is 10.1 Å². The van der Waals surface area contributed by atoms with Gasteiger partial charge in [-0.2, -0.15) is 0 Å². The van der Waals surface area contributed by atoms with Gasteiger partial charge in [0.1, 0.15) is 12.4 Å². The van der Waals surface area contributed by atoms with E-state index in [1.807, 2.05) is 13.0 Å². The number of rotatable bonds is 8. The molecule has 1 aromatic rings. The summed E-state index contributed by atoms with van der Waals surface area (Å²) in [7, 11) is 0.